The van der Waals surface area contributed by atoms with Crippen molar-refractivity contribution in [2.75, 3.05) is 30.4 Å². The molecule has 0 saturated carbocycles. The third kappa shape index (κ3) is 3.64. The Hall–Kier alpha value is -2.38. The van der Waals surface area contributed by atoms with E-state index in [0.29, 0.717) is 36.1 Å². The molecule has 0 bridgehead atoms. The van der Waals surface area contributed by atoms with Crippen LogP contribution in [0.4, 0.5) is 16.3 Å². The van der Waals surface area contributed by atoms with Gasteiger partial charge in [0.2, 0.25) is 0 Å². The number of amides is 2. The van der Waals surface area contributed by atoms with Gasteiger partial charge in [-0.25, -0.2) is 14.7 Å². The summed E-state index contributed by atoms with van der Waals surface area (Å²) in [5.41, 5.74) is 1.18. The quantitative estimate of drug-likeness (QED) is 0.732. The van der Waals surface area contributed by atoms with E-state index in [1.807, 2.05) is 35.2 Å². The lowest BCUT2D eigenvalue weighted by atomic mass is 9.93. The van der Waals surface area contributed by atoms with E-state index >= 15 is 0 Å². The molecule has 4 heterocycles. The zero-order valence-electron chi connectivity index (χ0n) is 17.6. The highest BCUT2D eigenvalue weighted by molar-refractivity contribution is 6.17. The smallest absolute Gasteiger partial charge is 0.315 e. The van der Waals surface area contributed by atoms with Gasteiger partial charge in [-0.15, -0.1) is 11.6 Å². The van der Waals surface area contributed by atoms with Crippen molar-refractivity contribution in [1.29, 1.82) is 0 Å². The molecule has 2 saturated heterocycles. The molecule has 8 heteroatoms. The van der Waals surface area contributed by atoms with Crippen molar-refractivity contribution < 1.29 is 4.79 Å². The molecule has 0 radical (unpaired) electrons. The van der Waals surface area contributed by atoms with Crippen LogP contribution in [0.1, 0.15) is 49.5 Å². The number of carbonyl (C=O) groups excluding carboxylic acids is 1. The average molecular weight is 442 g/mol. The van der Waals surface area contributed by atoms with E-state index in [1.165, 1.54) is 12.8 Å². The van der Waals surface area contributed by atoms with E-state index in [-0.39, 0.29) is 23.7 Å². The van der Waals surface area contributed by atoms with Crippen LogP contribution in [0.5, 0.6) is 0 Å². The monoisotopic (exact) mass is 441 g/mol. The number of aromatic nitrogens is 2. The van der Waals surface area contributed by atoms with Crippen LogP contribution in [-0.4, -0.2) is 57.4 Å². The minimum absolute atomic E-state index is 0.0929. The topological polar surface area (TPSA) is 72.5 Å². The number of likely N-dealkylation sites (tertiary alicyclic amines) is 1. The molecular formula is C23H28ClN5O2. The number of carbonyl (C=O) groups is 1. The van der Waals surface area contributed by atoms with Crippen LogP contribution in [0.15, 0.2) is 35.1 Å². The Morgan fingerprint density at radius 3 is 2.52 bits per heavy atom. The molecular weight excluding hydrogens is 414 g/mol. The van der Waals surface area contributed by atoms with Crippen molar-refractivity contribution in [3.8, 4) is 0 Å². The maximum atomic E-state index is 13.9. The summed E-state index contributed by atoms with van der Waals surface area (Å²) in [6, 6.07) is 9.28. The number of urea groups is 1. The summed E-state index contributed by atoms with van der Waals surface area (Å²) < 4.78 is 0. The lowest BCUT2D eigenvalue weighted by Crippen LogP contribution is -2.55. The van der Waals surface area contributed by atoms with Crippen LogP contribution < -0.4 is 10.5 Å². The standard InChI is InChI=1S/C23H28ClN5O2/c24-12-11-18-25-21-19(22(30)26-18)20-17(27-13-6-7-14-27)10-4-5-15-28(20)23(31)29(21)16-8-2-1-3-9-16/h1-3,8-9,17,20H,4-7,10-15H2,(H,25,26,30). The minimum Gasteiger partial charge on any atom is -0.315 e. The third-order valence-electron chi connectivity index (χ3n) is 6.73. The summed E-state index contributed by atoms with van der Waals surface area (Å²) in [4.78, 5) is 41.1. The molecule has 2 unspecified atom stereocenters. The van der Waals surface area contributed by atoms with Crippen LogP contribution >= 0.6 is 11.6 Å². The van der Waals surface area contributed by atoms with E-state index in [0.717, 1.165) is 38.0 Å². The minimum atomic E-state index is -0.274. The Morgan fingerprint density at radius 1 is 1.03 bits per heavy atom. The van der Waals surface area contributed by atoms with Crippen LogP contribution in [0.25, 0.3) is 0 Å². The highest BCUT2D eigenvalue weighted by atomic mass is 35.5. The lowest BCUT2D eigenvalue weighted by Gasteiger charge is -2.45. The number of alkyl halides is 1. The first-order chi connectivity index (χ1) is 15.2. The maximum absolute atomic E-state index is 13.9. The van der Waals surface area contributed by atoms with E-state index in [4.69, 9.17) is 16.6 Å². The molecule has 164 valence electrons. The number of aromatic amines is 1. The fourth-order valence-corrected chi connectivity index (χ4v) is 5.53. The second-order valence-electron chi connectivity index (χ2n) is 8.59. The number of fused-ring (bicyclic) bond motifs is 3. The molecule has 2 fully saturated rings. The summed E-state index contributed by atoms with van der Waals surface area (Å²) in [5.74, 6) is 1.34. The number of nitrogens with zero attached hydrogens (tertiary/aromatic N) is 4. The number of para-hydroxylation sites is 1. The summed E-state index contributed by atoms with van der Waals surface area (Å²) in [7, 11) is 0. The zero-order valence-corrected chi connectivity index (χ0v) is 18.4. The van der Waals surface area contributed by atoms with Gasteiger partial charge < -0.3 is 9.88 Å². The van der Waals surface area contributed by atoms with Crippen molar-refractivity contribution in [3.05, 3.63) is 52.1 Å². The highest BCUT2D eigenvalue weighted by Gasteiger charge is 2.47. The van der Waals surface area contributed by atoms with Gasteiger partial charge in [0, 0.05) is 24.9 Å². The number of hydrogen-bond acceptors (Lipinski definition) is 4. The molecule has 1 N–H and O–H groups in total. The number of hydrogen-bond donors (Lipinski definition) is 1. The number of anilines is 2. The largest absolute Gasteiger partial charge is 0.330 e. The van der Waals surface area contributed by atoms with Gasteiger partial charge in [0.15, 0.2) is 5.82 Å². The van der Waals surface area contributed by atoms with E-state index in [9.17, 15) is 9.59 Å². The summed E-state index contributed by atoms with van der Waals surface area (Å²) in [6.07, 6.45) is 5.78. The lowest BCUT2D eigenvalue weighted by molar-refractivity contribution is 0.114. The van der Waals surface area contributed by atoms with Crippen molar-refractivity contribution in [3.63, 3.8) is 0 Å². The van der Waals surface area contributed by atoms with Gasteiger partial charge in [-0.3, -0.25) is 9.69 Å². The molecule has 2 amide bonds. The van der Waals surface area contributed by atoms with Gasteiger partial charge in [-0.1, -0.05) is 24.6 Å². The summed E-state index contributed by atoms with van der Waals surface area (Å²) in [6.45, 7) is 2.70. The average Bonchev–Trinajstić information content (AvgIpc) is 3.21. The first-order valence-corrected chi connectivity index (χ1v) is 11.8. The molecule has 1 aromatic carbocycles. The fourth-order valence-electron chi connectivity index (χ4n) is 5.35. The maximum Gasteiger partial charge on any atom is 0.330 e. The summed E-state index contributed by atoms with van der Waals surface area (Å²) >= 11 is 5.94. The van der Waals surface area contributed by atoms with Crippen LogP contribution in [-0.2, 0) is 6.42 Å². The molecule has 0 aliphatic carbocycles. The molecule has 0 spiro atoms. The van der Waals surface area contributed by atoms with E-state index in [2.05, 4.69) is 9.88 Å². The van der Waals surface area contributed by atoms with Gasteiger partial charge in [-0.05, 0) is 50.9 Å². The molecule has 2 atom stereocenters. The van der Waals surface area contributed by atoms with E-state index in [1.54, 1.807) is 4.90 Å². The van der Waals surface area contributed by atoms with Gasteiger partial charge in [0.25, 0.3) is 5.56 Å². The molecule has 7 nitrogen and oxygen atoms in total. The Balaban J connectivity index is 1.71. The fraction of sp³-hybridized carbons (Fsp3) is 0.522. The van der Waals surface area contributed by atoms with Gasteiger partial charge >= 0.3 is 6.03 Å². The number of rotatable bonds is 4. The van der Waals surface area contributed by atoms with Crippen molar-refractivity contribution >= 4 is 29.1 Å². The Bertz CT molecular complexity index is 1000. The Morgan fingerprint density at radius 2 is 1.77 bits per heavy atom. The number of halogens is 1. The molecule has 2 aromatic rings. The number of benzene rings is 1. The SMILES string of the molecule is O=C1N(c2ccccc2)c2nc(CCCl)[nH]c(=O)c2C2C(N3CCCC3)CCCCN12. The molecule has 1 aromatic heterocycles. The summed E-state index contributed by atoms with van der Waals surface area (Å²) in [5, 5.41) is 0. The van der Waals surface area contributed by atoms with Gasteiger partial charge in [-0.2, -0.15) is 0 Å². The Labute approximate surface area is 187 Å². The van der Waals surface area contributed by atoms with E-state index < -0.39 is 0 Å². The Kier molecular flexibility index (Phi) is 5.71. The van der Waals surface area contributed by atoms with Crippen LogP contribution in [0.2, 0.25) is 0 Å². The van der Waals surface area contributed by atoms with Crippen molar-refractivity contribution in [2.45, 2.75) is 50.6 Å². The second-order valence-corrected chi connectivity index (χ2v) is 8.96. The second kappa shape index (κ2) is 8.63. The van der Waals surface area contributed by atoms with Crippen molar-refractivity contribution in [2.24, 2.45) is 0 Å². The highest BCUT2D eigenvalue weighted by Crippen LogP contribution is 2.43. The van der Waals surface area contributed by atoms with Gasteiger partial charge in [0.05, 0.1) is 17.3 Å². The number of H-pyrrole nitrogens is 1. The third-order valence-corrected chi connectivity index (χ3v) is 6.92. The van der Waals surface area contributed by atoms with Crippen LogP contribution in [0.3, 0.4) is 0 Å². The predicted octanol–water partition coefficient (Wildman–Crippen LogP) is 3.81. The zero-order chi connectivity index (χ0) is 21.4. The predicted molar refractivity (Wildman–Crippen MR) is 121 cm³/mol. The van der Waals surface area contributed by atoms with Gasteiger partial charge in [0.1, 0.15) is 5.82 Å². The first kappa shape index (κ1) is 20.5. The molecule has 5 rings (SSSR count). The first-order valence-electron chi connectivity index (χ1n) is 11.3. The van der Waals surface area contributed by atoms with Crippen LogP contribution in [0, 0.1) is 0 Å². The van der Waals surface area contributed by atoms with Crippen molar-refractivity contribution in [1.82, 2.24) is 19.8 Å². The number of aryl methyl sites for hydroxylation is 1. The molecule has 3 aliphatic heterocycles. The molecule has 3 aliphatic rings. The molecule has 31 heavy (non-hydrogen) atoms. The number of nitrogens with one attached hydrogen (secondary N) is 1. The normalized spacial score (nSPS) is 24.1.